The minimum absolute atomic E-state index is 0.102. The van der Waals surface area contributed by atoms with Crippen molar-refractivity contribution in [2.24, 2.45) is 7.05 Å². The van der Waals surface area contributed by atoms with E-state index in [1.165, 1.54) is 55.6 Å². The Morgan fingerprint density at radius 1 is 0.491 bits per heavy atom. The molecule has 0 spiro atoms. The van der Waals surface area contributed by atoms with E-state index in [9.17, 15) is 13.2 Å². The minimum atomic E-state index is -0.181. The van der Waals surface area contributed by atoms with E-state index in [0.717, 1.165) is 173 Å². The molecule has 108 heavy (non-hydrogen) atoms. The van der Waals surface area contributed by atoms with E-state index >= 15 is 0 Å². The van der Waals surface area contributed by atoms with Gasteiger partial charge in [-0.3, -0.25) is 0 Å². The quantitative estimate of drug-likeness (QED) is 0.0236. The molecule has 10 rings (SSSR count). The van der Waals surface area contributed by atoms with Gasteiger partial charge in [0, 0.05) is 115 Å². The molecule has 0 aliphatic rings. The molecule has 0 aliphatic carbocycles. The number of nitrogens with zero attached hydrogens (tertiary/aromatic N) is 7. The van der Waals surface area contributed by atoms with Crippen molar-refractivity contribution in [3.05, 3.63) is 251 Å². The number of aryl methyl sites for hydroxylation is 10. The molecule has 7 heterocycles. The third-order valence-electron chi connectivity index (χ3n) is 14.0. The average molecular weight is 1510 g/mol. The fourth-order valence-corrected chi connectivity index (χ4v) is 8.57. The Kier molecular flexibility index (Phi) is 72.5. The summed E-state index contributed by atoms with van der Waals surface area (Å²) in [7, 11) is 9.44. The Morgan fingerprint density at radius 3 is 1.44 bits per heavy atom. The van der Waals surface area contributed by atoms with Crippen molar-refractivity contribution in [1.29, 1.82) is 0 Å². The van der Waals surface area contributed by atoms with Crippen LogP contribution in [0.2, 0.25) is 0 Å². The van der Waals surface area contributed by atoms with Gasteiger partial charge in [0.15, 0.2) is 24.1 Å². The van der Waals surface area contributed by atoms with Crippen LogP contribution in [-0.2, 0) is 71.8 Å². The molecule has 1 unspecified atom stereocenters. The van der Waals surface area contributed by atoms with Crippen LogP contribution in [0.5, 0.6) is 0 Å². The van der Waals surface area contributed by atoms with Gasteiger partial charge in [0.25, 0.3) is 0 Å². The second-order valence-corrected chi connectivity index (χ2v) is 24.5. The first-order chi connectivity index (χ1) is 52.2. The number of oxazole rings is 4. The molecule has 0 radical (unpaired) electrons. The van der Waals surface area contributed by atoms with Crippen LogP contribution in [-0.4, -0.2) is 97.3 Å². The monoisotopic (exact) mass is 1510 g/mol. The number of hydrogen-bond donors (Lipinski definition) is 7. The highest BCUT2D eigenvalue weighted by atomic mass is 19.1. The molecule has 7 N–H and O–H groups in total. The van der Waals surface area contributed by atoms with Crippen LogP contribution >= 0.6 is 0 Å². The van der Waals surface area contributed by atoms with Crippen LogP contribution in [0.15, 0.2) is 181 Å². The van der Waals surface area contributed by atoms with Gasteiger partial charge in [0.05, 0.1) is 42.3 Å². The molecule has 19 nitrogen and oxygen atoms in total. The second-order valence-electron chi connectivity index (χ2n) is 24.5. The van der Waals surface area contributed by atoms with E-state index in [2.05, 4.69) is 143 Å². The molecule has 10 aromatic rings. The largest absolute Gasteiger partial charge is 0.469 e. The molecule has 3 aromatic carbocycles. The lowest BCUT2D eigenvalue weighted by Gasteiger charge is -1.99. The van der Waals surface area contributed by atoms with Crippen LogP contribution in [0.25, 0.3) is 0 Å². The van der Waals surface area contributed by atoms with Crippen molar-refractivity contribution in [1.82, 2.24) is 55.7 Å². The summed E-state index contributed by atoms with van der Waals surface area (Å²) < 4.78 is 65.5. The van der Waals surface area contributed by atoms with Crippen LogP contribution < -0.4 is 21.3 Å². The predicted molar refractivity (Wildman–Crippen MR) is 436 cm³/mol. The molecule has 0 saturated heterocycles. The fourth-order valence-electron chi connectivity index (χ4n) is 8.57. The van der Waals surface area contributed by atoms with Crippen molar-refractivity contribution in [2.75, 3.05) is 41.4 Å². The topological polar surface area (TPSA) is 257 Å². The van der Waals surface area contributed by atoms with Crippen molar-refractivity contribution >= 4 is 0 Å². The third-order valence-corrected chi connectivity index (χ3v) is 14.0. The van der Waals surface area contributed by atoms with E-state index in [4.69, 9.17) is 37.4 Å². The van der Waals surface area contributed by atoms with Gasteiger partial charge >= 0.3 is 0 Å². The first kappa shape index (κ1) is 104. The smallest absolute Gasteiger partial charge is 0.194 e. The zero-order chi connectivity index (χ0) is 81.1. The van der Waals surface area contributed by atoms with Crippen molar-refractivity contribution in [3.63, 3.8) is 0 Å². The van der Waals surface area contributed by atoms with Gasteiger partial charge in [-0.05, 0) is 167 Å². The number of unbranched alkanes of at least 4 members (excludes halogenated alkanes) is 3. The summed E-state index contributed by atoms with van der Waals surface area (Å²) >= 11 is 0. The Bertz CT molecular complexity index is 3230. The average Bonchev–Trinajstić information content (AvgIpc) is 1.50. The maximum atomic E-state index is 12.7. The van der Waals surface area contributed by atoms with Gasteiger partial charge in [0.2, 0.25) is 0 Å². The molecule has 0 bridgehead atoms. The molecule has 7 aromatic heterocycles. The van der Waals surface area contributed by atoms with E-state index in [1.54, 1.807) is 94.1 Å². The number of rotatable bonds is 27. The summed E-state index contributed by atoms with van der Waals surface area (Å²) in [4.78, 5) is 23.7. The summed E-state index contributed by atoms with van der Waals surface area (Å²) in [6.45, 7) is 30.0. The van der Waals surface area contributed by atoms with Gasteiger partial charge in [-0.2, -0.15) is 0 Å². The lowest BCUT2D eigenvalue weighted by molar-refractivity contribution is 0.183. The highest BCUT2D eigenvalue weighted by Crippen LogP contribution is 2.09. The fraction of sp³-hybridized carbons (Fsp3) is 0.512. The maximum absolute atomic E-state index is 12.7. The summed E-state index contributed by atoms with van der Waals surface area (Å²) in [6.07, 6.45) is 35.8. The molecule has 22 heteroatoms. The number of aromatic nitrogens is 7. The Balaban J connectivity index is -0.00000111. The molecular formula is C86H138F3N11O8. The van der Waals surface area contributed by atoms with Crippen molar-refractivity contribution in [2.45, 2.75) is 244 Å². The SMILES string of the molecule is CCCC(C)O.CCCCCO.CCCCO.CCCc1cccn1C.CCCc1ccco1.CCCc1cnc(C)o1.CCCc1cnco1.CCCc1nc(C)co1.CCCc1ncc(C)o1.CNCc1ccc(F)cc1.CNCc1ccccc1F.CNCc1ccccc1F.CNCc1ccncn1. The molecule has 0 saturated carbocycles. The standard InChI is InChI=1S/3C8H10FN.C8H13N.3C7H11NO.C7H10O.C6H9N3.C6H9NO.2C5H12O.C4H10O/c1-10-6-7-2-4-8(9)5-3-7;2*1-10-6-7-4-2-3-5-8(7)9;1-3-5-8-6-4-7-9(8)2;1-3-4-7-5-8-6(2)9-7;1-3-4-7-8-6(2)5-9-7;1-3-4-7-8-5-6(2)9-7;1-2-4-7-5-3-6-8-7;1-7-4-6-2-3-8-5-9-6;1-2-3-6-4-7-5-8-6;1-3-4-5(2)6;1-2-3-4-5-6;1-2-3-4-5/h3*2-5,10H,6H2,1H3;4,6-7H,3,5H2,1-2H3;3*5H,3-4H2,1-2H3;3,5-6H,2,4H2,1H3;2-3,5,7H,4H2,1H3;4-5H,2-3H2,1H3;5-6H,3-4H2,1-2H3;6H,2-5H2,1H3;5H,2-4H2,1H3. The zero-order valence-corrected chi connectivity index (χ0v) is 68.9. The lowest BCUT2D eigenvalue weighted by atomic mass is 10.2. The first-order valence-electron chi connectivity index (χ1n) is 38.4. The summed E-state index contributed by atoms with van der Waals surface area (Å²) in [5.41, 5.74) is 5.95. The Hall–Kier alpha value is -8.35. The van der Waals surface area contributed by atoms with Gasteiger partial charge in [-0.25, -0.2) is 43.1 Å². The lowest BCUT2D eigenvalue weighted by Crippen LogP contribution is -2.06. The highest BCUT2D eigenvalue weighted by molar-refractivity contribution is 5.18. The first-order valence-corrected chi connectivity index (χ1v) is 38.4. The Morgan fingerprint density at radius 2 is 1.06 bits per heavy atom. The molecular weight excluding hydrogens is 1370 g/mol. The van der Waals surface area contributed by atoms with E-state index in [0.29, 0.717) is 37.4 Å². The molecule has 0 aliphatic heterocycles. The maximum Gasteiger partial charge on any atom is 0.194 e. The van der Waals surface area contributed by atoms with Gasteiger partial charge in [0.1, 0.15) is 53.1 Å². The van der Waals surface area contributed by atoms with E-state index in [-0.39, 0.29) is 23.6 Å². The van der Waals surface area contributed by atoms with E-state index < -0.39 is 0 Å². The van der Waals surface area contributed by atoms with Crippen LogP contribution in [0.3, 0.4) is 0 Å². The Labute approximate surface area is 647 Å². The summed E-state index contributed by atoms with van der Waals surface area (Å²) in [5, 5.41) is 36.6. The predicted octanol–water partition coefficient (Wildman–Crippen LogP) is 19.6. The number of benzene rings is 3. The normalized spacial score (nSPS) is 9.96. The van der Waals surface area contributed by atoms with Gasteiger partial charge in [-0.1, -0.05) is 143 Å². The van der Waals surface area contributed by atoms with Crippen LogP contribution in [0.1, 0.15) is 227 Å². The molecule has 606 valence electrons. The molecule has 1 atom stereocenters. The third kappa shape index (κ3) is 62.7. The molecule has 0 amide bonds. The number of aliphatic hydroxyl groups excluding tert-OH is 3. The van der Waals surface area contributed by atoms with Crippen LogP contribution in [0, 0.1) is 38.2 Å². The van der Waals surface area contributed by atoms with Crippen LogP contribution in [0.4, 0.5) is 13.2 Å². The van der Waals surface area contributed by atoms with Gasteiger partial charge in [-0.15, -0.1) is 0 Å². The number of furan rings is 1. The molecule has 0 fully saturated rings. The minimum Gasteiger partial charge on any atom is -0.469 e. The van der Waals surface area contributed by atoms with Crippen molar-refractivity contribution < 1.29 is 50.6 Å². The summed E-state index contributed by atoms with van der Waals surface area (Å²) in [6, 6.07) is 30.0. The number of halogens is 3. The number of nitrogens with one attached hydrogen (secondary N) is 4. The number of aliphatic hydroxyl groups is 3. The number of hydrogen-bond acceptors (Lipinski definition) is 18. The van der Waals surface area contributed by atoms with E-state index in [1.807, 2.05) is 72.1 Å². The highest BCUT2D eigenvalue weighted by Gasteiger charge is 2.01. The summed E-state index contributed by atoms with van der Waals surface area (Å²) in [5.74, 6) is 5.98. The van der Waals surface area contributed by atoms with Gasteiger partial charge < -0.3 is 63.2 Å². The van der Waals surface area contributed by atoms with Crippen molar-refractivity contribution in [3.8, 4) is 0 Å². The zero-order valence-electron chi connectivity index (χ0n) is 68.9. The second kappa shape index (κ2) is 75.5.